The molecule has 0 aliphatic heterocycles. The summed E-state index contributed by atoms with van der Waals surface area (Å²) >= 11 is 1.34. The second kappa shape index (κ2) is 8.54. The lowest BCUT2D eigenvalue weighted by molar-refractivity contribution is 0.354. The van der Waals surface area contributed by atoms with Gasteiger partial charge in [0.15, 0.2) is 27.9 Å². The van der Waals surface area contributed by atoms with Gasteiger partial charge >= 0.3 is 0 Å². The molecule has 0 atom stereocenters. The van der Waals surface area contributed by atoms with E-state index in [1.54, 1.807) is 26.5 Å². The lowest BCUT2D eigenvalue weighted by Crippen LogP contribution is -2.16. The van der Waals surface area contributed by atoms with E-state index in [9.17, 15) is 8.78 Å². The van der Waals surface area contributed by atoms with E-state index in [2.05, 4.69) is 4.99 Å². The zero-order valence-electron chi connectivity index (χ0n) is 16.3. The van der Waals surface area contributed by atoms with E-state index >= 15 is 0 Å². The van der Waals surface area contributed by atoms with Gasteiger partial charge in [0.2, 0.25) is 0 Å². The van der Waals surface area contributed by atoms with Crippen molar-refractivity contribution in [2.24, 2.45) is 4.99 Å². The highest BCUT2D eigenvalue weighted by molar-refractivity contribution is 7.07. The molecule has 0 saturated heterocycles. The number of methoxy groups -OCH3 is 2. The summed E-state index contributed by atoms with van der Waals surface area (Å²) in [5.41, 5.74) is 1.78. The van der Waals surface area contributed by atoms with Crippen LogP contribution in [0.5, 0.6) is 11.5 Å². The fourth-order valence-electron chi connectivity index (χ4n) is 3.03. The number of thiazole rings is 1. The quantitative estimate of drug-likeness (QED) is 0.414. The fraction of sp³-hybridized carbons (Fsp3) is 0.136. The van der Waals surface area contributed by atoms with Crippen molar-refractivity contribution in [1.29, 1.82) is 0 Å². The van der Waals surface area contributed by atoms with Gasteiger partial charge < -0.3 is 18.5 Å². The third-order valence-corrected chi connectivity index (χ3v) is 5.35. The van der Waals surface area contributed by atoms with Crippen LogP contribution in [0.3, 0.4) is 0 Å². The first-order chi connectivity index (χ1) is 14.6. The maximum absolute atomic E-state index is 14.2. The average Bonchev–Trinajstić information content (AvgIpc) is 3.40. The monoisotopic (exact) mass is 428 g/mol. The highest BCUT2D eigenvalue weighted by Gasteiger charge is 2.13. The van der Waals surface area contributed by atoms with E-state index in [4.69, 9.17) is 13.9 Å². The van der Waals surface area contributed by atoms with Crippen molar-refractivity contribution in [2.75, 3.05) is 14.2 Å². The van der Waals surface area contributed by atoms with Gasteiger partial charge in [-0.2, -0.15) is 0 Å². The minimum atomic E-state index is -0.722. The van der Waals surface area contributed by atoms with Crippen LogP contribution >= 0.6 is 11.3 Å². The molecule has 5 nitrogen and oxygen atoms in total. The Labute approximate surface area is 175 Å². The van der Waals surface area contributed by atoms with Crippen molar-refractivity contribution in [3.05, 3.63) is 82.2 Å². The lowest BCUT2D eigenvalue weighted by atomic mass is 10.2. The van der Waals surface area contributed by atoms with Crippen LogP contribution in [0.25, 0.3) is 11.5 Å². The fourth-order valence-corrected chi connectivity index (χ4v) is 3.93. The summed E-state index contributed by atoms with van der Waals surface area (Å²) in [6.45, 7) is 0.432. The number of halogens is 2. The summed E-state index contributed by atoms with van der Waals surface area (Å²) in [7, 11) is 3.15. The molecule has 8 heteroatoms. The van der Waals surface area contributed by atoms with Crippen molar-refractivity contribution in [2.45, 2.75) is 6.54 Å². The molecule has 0 fully saturated rings. The van der Waals surface area contributed by atoms with E-state index < -0.39 is 11.6 Å². The van der Waals surface area contributed by atoms with E-state index in [0.717, 1.165) is 17.3 Å². The van der Waals surface area contributed by atoms with E-state index in [-0.39, 0.29) is 5.69 Å². The van der Waals surface area contributed by atoms with Crippen molar-refractivity contribution in [1.82, 2.24) is 4.57 Å². The molecule has 0 aliphatic rings. The predicted molar refractivity (Wildman–Crippen MR) is 110 cm³/mol. The Morgan fingerprint density at radius 1 is 1.03 bits per heavy atom. The summed E-state index contributed by atoms with van der Waals surface area (Å²) in [4.78, 5) is 4.97. The molecule has 154 valence electrons. The van der Waals surface area contributed by atoms with Gasteiger partial charge in [0.05, 0.1) is 32.7 Å². The molecule has 0 unspecified atom stereocenters. The van der Waals surface area contributed by atoms with Gasteiger partial charge in [-0.05, 0) is 42.0 Å². The van der Waals surface area contributed by atoms with Gasteiger partial charge in [-0.15, -0.1) is 11.3 Å². The Balaban J connectivity index is 1.83. The first-order valence-electron chi connectivity index (χ1n) is 9.02. The Hall–Kier alpha value is -3.39. The largest absolute Gasteiger partial charge is 0.493 e. The third-order valence-electron chi connectivity index (χ3n) is 4.49. The zero-order chi connectivity index (χ0) is 21.1. The maximum atomic E-state index is 14.2. The lowest BCUT2D eigenvalue weighted by Gasteiger charge is -2.12. The first-order valence-corrected chi connectivity index (χ1v) is 9.90. The van der Waals surface area contributed by atoms with Gasteiger partial charge in [0.25, 0.3) is 0 Å². The van der Waals surface area contributed by atoms with Gasteiger partial charge in [0, 0.05) is 11.4 Å². The molecule has 2 aromatic carbocycles. The van der Waals surface area contributed by atoms with E-state index in [0.29, 0.717) is 28.6 Å². The minimum Gasteiger partial charge on any atom is -0.493 e. The molecule has 30 heavy (non-hydrogen) atoms. The first kappa shape index (κ1) is 19.9. The molecule has 2 aromatic heterocycles. The molecule has 0 aliphatic carbocycles. The number of aromatic nitrogens is 1. The topological polar surface area (TPSA) is 48.9 Å². The highest BCUT2D eigenvalue weighted by Crippen LogP contribution is 2.29. The molecular weight excluding hydrogens is 410 g/mol. The van der Waals surface area contributed by atoms with Gasteiger partial charge in [-0.25, -0.2) is 13.8 Å². The Kier molecular flexibility index (Phi) is 5.67. The van der Waals surface area contributed by atoms with Crippen molar-refractivity contribution < 1.29 is 22.7 Å². The van der Waals surface area contributed by atoms with Crippen LogP contribution in [0.15, 0.2) is 69.6 Å². The number of benzene rings is 2. The highest BCUT2D eigenvalue weighted by atomic mass is 32.1. The van der Waals surface area contributed by atoms with Crippen LogP contribution in [-0.2, 0) is 6.54 Å². The molecule has 0 radical (unpaired) electrons. The Bertz CT molecular complexity index is 1230. The average molecular weight is 428 g/mol. The van der Waals surface area contributed by atoms with Crippen LogP contribution in [-0.4, -0.2) is 18.8 Å². The summed E-state index contributed by atoms with van der Waals surface area (Å²) in [6.07, 6.45) is 1.59. The minimum absolute atomic E-state index is 0.0605. The summed E-state index contributed by atoms with van der Waals surface area (Å²) in [5, 5.41) is 1.89. The number of nitrogens with zero attached hydrogens (tertiary/aromatic N) is 2. The molecule has 4 aromatic rings. The predicted octanol–water partition coefficient (Wildman–Crippen LogP) is 5.39. The number of furan rings is 1. The molecule has 4 rings (SSSR count). The van der Waals surface area contributed by atoms with Crippen LogP contribution in [0.2, 0.25) is 0 Å². The molecule has 0 saturated carbocycles. The van der Waals surface area contributed by atoms with E-state index in [1.807, 2.05) is 34.2 Å². The standard InChI is InChI=1S/C22H18F2N2O3S/c1-27-20-8-5-14(10-21(20)28-2)12-26-18(19-4-3-9-29-19)13-30-22(26)25-17-7-6-15(23)11-16(17)24/h3-11,13H,12H2,1-2H3. The second-order valence-corrected chi connectivity index (χ2v) is 7.20. The smallest absolute Gasteiger partial charge is 0.190 e. The van der Waals surface area contributed by atoms with Crippen LogP contribution < -0.4 is 14.3 Å². The summed E-state index contributed by atoms with van der Waals surface area (Å²) in [6, 6.07) is 12.6. The second-order valence-electron chi connectivity index (χ2n) is 6.36. The number of hydrogen-bond acceptors (Lipinski definition) is 5. The SMILES string of the molecule is COc1ccc(Cn2c(-c3ccco3)csc2=Nc2ccc(F)cc2F)cc1OC. The van der Waals surface area contributed by atoms with E-state index in [1.165, 1.54) is 23.5 Å². The van der Waals surface area contributed by atoms with Gasteiger partial charge in [0.1, 0.15) is 11.5 Å². The molecule has 0 bridgehead atoms. The van der Waals surface area contributed by atoms with Gasteiger partial charge in [-0.3, -0.25) is 0 Å². The Morgan fingerprint density at radius 3 is 2.57 bits per heavy atom. The molecule has 0 spiro atoms. The van der Waals surface area contributed by atoms with Crippen LogP contribution in [0.1, 0.15) is 5.56 Å². The normalized spacial score (nSPS) is 11.7. The summed E-state index contributed by atoms with van der Waals surface area (Å²) < 4.78 is 45.6. The summed E-state index contributed by atoms with van der Waals surface area (Å²) in [5.74, 6) is 0.523. The Morgan fingerprint density at radius 2 is 1.87 bits per heavy atom. The van der Waals surface area contributed by atoms with Crippen molar-refractivity contribution in [3.8, 4) is 23.0 Å². The third kappa shape index (κ3) is 3.99. The van der Waals surface area contributed by atoms with Crippen molar-refractivity contribution >= 4 is 17.0 Å². The number of ether oxygens (including phenoxy) is 2. The molecule has 0 N–H and O–H groups in total. The van der Waals surface area contributed by atoms with Crippen LogP contribution in [0.4, 0.5) is 14.5 Å². The zero-order valence-corrected chi connectivity index (χ0v) is 17.1. The molecule has 0 amide bonds. The number of rotatable bonds is 6. The van der Waals surface area contributed by atoms with Crippen molar-refractivity contribution in [3.63, 3.8) is 0 Å². The van der Waals surface area contributed by atoms with Gasteiger partial charge in [-0.1, -0.05) is 6.07 Å². The molecule has 2 heterocycles. The van der Waals surface area contributed by atoms with Crippen LogP contribution in [0, 0.1) is 11.6 Å². The number of hydrogen-bond donors (Lipinski definition) is 0. The maximum Gasteiger partial charge on any atom is 0.190 e. The molecular formula is C22H18F2N2O3S.